The molecule has 0 saturated heterocycles. The van der Waals surface area contributed by atoms with Gasteiger partial charge in [0.05, 0.1) is 18.3 Å². The number of ether oxygens (including phenoxy) is 1. The van der Waals surface area contributed by atoms with E-state index in [-0.39, 0.29) is 17.1 Å². The average molecular weight is 197 g/mol. The first-order valence-corrected chi connectivity index (χ1v) is 5.33. The highest BCUT2D eigenvalue weighted by molar-refractivity contribution is 8.08. The van der Waals surface area contributed by atoms with E-state index in [0.29, 0.717) is 12.8 Å². The van der Waals surface area contributed by atoms with Gasteiger partial charge in [0.15, 0.2) is 0 Å². The van der Waals surface area contributed by atoms with Gasteiger partial charge in [0, 0.05) is 0 Å². The van der Waals surface area contributed by atoms with E-state index in [1.165, 1.54) is 7.11 Å². The Bertz CT molecular complexity index is 188. The molecule has 1 rings (SSSR count). The van der Waals surface area contributed by atoms with E-state index in [4.69, 9.17) is 10.7 Å². The molecule has 0 aromatic rings. The summed E-state index contributed by atoms with van der Waals surface area (Å²) in [5, 5.41) is -0.0132. The fourth-order valence-corrected chi connectivity index (χ4v) is 2.28. The molecule has 0 radical (unpaired) electrons. The number of hydrogen-bond acceptors (Lipinski definition) is 3. The van der Waals surface area contributed by atoms with Crippen LogP contribution in [0.4, 0.5) is 0 Å². The van der Waals surface area contributed by atoms with E-state index in [0.717, 1.165) is 0 Å². The van der Waals surface area contributed by atoms with Crippen molar-refractivity contribution in [2.75, 3.05) is 7.11 Å². The number of esters is 1. The molecule has 1 aliphatic carbocycles. The zero-order chi connectivity index (χ0) is 8.43. The van der Waals surface area contributed by atoms with E-state index in [9.17, 15) is 9.00 Å². The van der Waals surface area contributed by atoms with E-state index in [1.807, 2.05) is 0 Å². The molecule has 0 heterocycles. The van der Waals surface area contributed by atoms with E-state index in [2.05, 4.69) is 4.74 Å². The van der Waals surface area contributed by atoms with Crippen molar-refractivity contribution in [2.24, 2.45) is 5.92 Å². The van der Waals surface area contributed by atoms with Gasteiger partial charge in [-0.2, -0.15) is 0 Å². The van der Waals surface area contributed by atoms with Crippen molar-refractivity contribution in [1.29, 1.82) is 0 Å². The second-order valence-corrected chi connectivity index (χ2v) is 4.64. The van der Waals surface area contributed by atoms with Crippen LogP contribution in [0.5, 0.6) is 0 Å². The molecule has 64 valence electrons. The number of rotatable bonds is 2. The van der Waals surface area contributed by atoms with Gasteiger partial charge < -0.3 is 4.74 Å². The molecule has 0 amide bonds. The lowest BCUT2D eigenvalue weighted by atomic mass is 9.85. The number of methoxy groups -OCH3 is 1. The lowest BCUT2D eigenvalue weighted by Crippen LogP contribution is -2.36. The van der Waals surface area contributed by atoms with Crippen molar-refractivity contribution in [3.8, 4) is 0 Å². The van der Waals surface area contributed by atoms with Crippen molar-refractivity contribution in [2.45, 2.75) is 18.1 Å². The Kier molecular flexibility index (Phi) is 2.90. The van der Waals surface area contributed by atoms with Crippen LogP contribution in [0.1, 0.15) is 12.8 Å². The van der Waals surface area contributed by atoms with Gasteiger partial charge in [-0.1, -0.05) is 0 Å². The molecule has 1 aliphatic rings. The minimum absolute atomic E-state index is 0.0132. The molecule has 1 fully saturated rings. The lowest BCUT2D eigenvalue weighted by molar-refractivity contribution is -0.148. The Morgan fingerprint density at radius 2 is 2.18 bits per heavy atom. The quantitative estimate of drug-likeness (QED) is 0.486. The second kappa shape index (κ2) is 3.54. The Labute approximate surface area is 72.0 Å². The summed E-state index contributed by atoms with van der Waals surface area (Å²) in [4.78, 5) is 10.8. The summed E-state index contributed by atoms with van der Waals surface area (Å²) in [6, 6.07) is 0. The van der Waals surface area contributed by atoms with Crippen molar-refractivity contribution < 1.29 is 13.7 Å². The first-order valence-electron chi connectivity index (χ1n) is 3.29. The molecule has 11 heavy (non-hydrogen) atoms. The lowest BCUT2D eigenvalue weighted by Gasteiger charge is -2.30. The summed E-state index contributed by atoms with van der Waals surface area (Å²) in [5.41, 5.74) is 0. The summed E-state index contributed by atoms with van der Waals surface area (Å²) < 4.78 is 15.1. The second-order valence-electron chi connectivity index (χ2n) is 2.56. The minimum Gasteiger partial charge on any atom is -0.469 e. The zero-order valence-electron chi connectivity index (χ0n) is 6.08. The van der Waals surface area contributed by atoms with Crippen LogP contribution < -0.4 is 0 Å². The van der Waals surface area contributed by atoms with Gasteiger partial charge in [-0.05, 0) is 23.5 Å². The first-order chi connectivity index (χ1) is 5.15. The molecule has 0 aliphatic heterocycles. The van der Waals surface area contributed by atoms with Crippen molar-refractivity contribution in [3.05, 3.63) is 0 Å². The van der Waals surface area contributed by atoms with E-state index >= 15 is 0 Å². The van der Waals surface area contributed by atoms with Crippen LogP contribution in [-0.2, 0) is 19.5 Å². The number of carbonyl (C=O) groups excluding carboxylic acids is 1. The third-order valence-corrected chi connectivity index (χ3v) is 3.56. The monoisotopic (exact) mass is 196 g/mol. The summed E-state index contributed by atoms with van der Waals surface area (Å²) in [6.07, 6.45) is 1.20. The molecule has 0 bridgehead atoms. The van der Waals surface area contributed by atoms with Crippen LogP contribution in [0.25, 0.3) is 0 Å². The van der Waals surface area contributed by atoms with Crippen LogP contribution >= 0.6 is 10.7 Å². The topological polar surface area (TPSA) is 43.4 Å². The van der Waals surface area contributed by atoms with Gasteiger partial charge in [0.25, 0.3) is 0 Å². The van der Waals surface area contributed by atoms with E-state index < -0.39 is 10.0 Å². The molecule has 3 nitrogen and oxygen atoms in total. The molecule has 0 aromatic heterocycles. The van der Waals surface area contributed by atoms with Crippen molar-refractivity contribution in [1.82, 2.24) is 0 Å². The standard InChI is InChI=1S/C6H9ClO3S/c1-10-6(8)4-2-5(3-4)11(7)9/h4-5H,2-3H2,1H3. The maximum Gasteiger partial charge on any atom is 0.308 e. The highest BCUT2D eigenvalue weighted by Gasteiger charge is 2.38. The summed E-state index contributed by atoms with van der Waals surface area (Å²) in [6.45, 7) is 0. The normalized spacial score (nSPS) is 32.2. The molecular weight excluding hydrogens is 188 g/mol. The summed E-state index contributed by atoms with van der Waals surface area (Å²) in [5.74, 6) is -0.295. The molecule has 0 N–H and O–H groups in total. The van der Waals surface area contributed by atoms with Crippen molar-refractivity contribution in [3.63, 3.8) is 0 Å². The average Bonchev–Trinajstić information content (AvgIpc) is 1.83. The molecule has 0 aromatic carbocycles. The van der Waals surface area contributed by atoms with Crippen LogP contribution in [0, 0.1) is 5.92 Å². The largest absolute Gasteiger partial charge is 0.469 e. The highest BCUT2D eigenvalue weighted by Crippen LogP contribution is 2.33. The Balaban J connectivity index is 2.29. The Morgan fingerprint density at radius 1 is 1.64 bits per heavy atom. The number of hydrogen-bond donors (Lipinski definition) is 0. The predicted octanol–water partition coefficient (Wildman–Crippen LogP) is 0.841. The maximum atomic E-state index is 10.8. The fraction of sp³-hybridized carbons (Fsp3) is 0.833. The van der Waals surface area contributed by atoms with Gasteiger partial charge in [-0.15, -0.1) is 0 Å². The third kappa shape index (κ3) is 1.93. The SMILES string of the molecule is COC(=O)C1CC(S(=O)Cl)C1. The smallest absolute Gasteiger partial charge is 0.308 e. The zero-order valence-corrected chi connectivity index (χ0v) is 7.65. The van der Waals surface area contributed by atoms with Crippen molar-refractivity contribution >= 4 is 26.7 Å². The molecule has 1 atom stereocenters. The van der Waals surface area contributed by atoms with Crippen LogP contribution in [0.3, 0.4) is 0 Å². The first kappa shape index (κ1) is 9.00. The van der Waals surface area contributed by atoms with E-state index in [1.54, 1.807) is 0 Å². The Morgan fingerprint density at radius 3 is 2.55 bits per heavy atom. The number of halogens is 1. The van der Waals surface area contributed by atoms with Gasteiger partial charge in [0.2, 0.25) is 0 Å². The van der Waals surface area contributed by atoms with Gasteiger partial charge in [-0.3, -0.25) is 4.79 Å². The molecule has 1 unspecified atom stereocenters. The maximum absolute atomic E-state index is 10.8. The predicted molar refractivity (Wildman–Crippen MR) is 42.5 cm³/mol. The van der Waals surface area contributed by atoms with Crippen LogP contribution in [0.15, 0.2) is 0 Å². The van der Waals surface area contributed by atoms with Gasteiger partial charge in [0.1, 0.15) is 10.0 Å². The molecular formula is C6H9ClO3S. The molecule has 5 heteroatoms. The molecule has 0 spiro atoms. The minimum atomic E-state index is -1.30. The summed E-state index contributed by atoms with van der Waals surface area (Å²) in [7, 11) is 5.37. The van der Waals surface area contributed by atoms with Gasteiger partial charge >= 0.3 is 5.97 Å². The Hall–Kier alpha value is -0.0900. The third-order valence-electron chi connectivity index (χ3n) is 1.89. The summed E-state index contributed by atoms with van der Waals surface area (Å²) >= 11 is 0. The fourth-order valence-electron chi connectivity index (χ4n) is 1.08. The van der Waals surface area contributed by atoms with Crippen LogP contribution in [-0.4, -0.2) is 22.5 Å². The molecule has 1 saturated carbocycles. The highest BCUT2D eigenvalue weighted by atomic mass is 35.7. The van der Waals surface area contributed by atoms with Crippen LogP contribution in [0.2, 0.25) is 0 Å². The van der Waals surface area contributed by atoms with Gasteiger partial charge in [-0.25, -0.2) is 4.21 Å². The number of carbonyl (C=O) groups is 1.